The van der Waals surface area contributed by atoms with E-state index in [1.165, 1.54) is 12.1 Å². The van der Waals surface area contributed by atoms with Gasteiger partial charge in [-0.25, -0.2) is 0 Å². The summed E-state index contributed by atoms with van der Waals surface area (Å²) >= 11 is 0. The van der Waals surface area contributed by atoms with E-state index in [1.54, 1.807) is 19.2 Å². The largest absolute Gasteiger partial charge is 0.573 e. The Balaban J connectivity index is 1.99. The number of aromatic nitrogens is 1. The summed E-state index contributed by atoms with van der Waals surface area (Å²) in [4.78, 5) is 0. The van der Waals surface area contributed by atoms with Gasteiger partial charge in [0.25, 0.3) is 0 Å². The van der Waals surface area contributed by atoms with Crippen molar-refractivity contribution >= 4 is 10.9 Å². The summed E-state index contributed by atoms with van der Waals surface area (Å²) in [6.45, 7) is 0.331. The molecule has 0 saturated carbocycles. The van der Waals surface area contributed by atoms with Crippen LogP contribution in [-0.4, -0.2) is 35.7 Å². The second-order valence-electron chi connectivity index (χ2n) is 5.97. The second kappa shape index (κ2) is 7.39. The number of ether oxygens (including phenoxy) is 1. The first kappa shape index (κ1) is 18.3. The van der Waals surface area contributed by atoms with E-state index in [9.17, 15) is 18.3 Å². The number of rotatable bonds is 6. The second-order valence-corrected chi connectivity index (χ2v) is 5.97. The summed E-state index contributed by atoms with van der Waals surface area (Å²) in [6.07, 6.45) is -3.64. The van der Waals surface area contributed by atoms with Gasteiger partial charge in [-0.2, -0.15) is 0 Å². The lowest BCUT2D eigenvalue weighted by atomic mass is 10.0. The molecule has 3 rings (SSSR count). The van der Waals surface area contributed by atoms with Gasteiger partial charge in [0.1, 0.15) is 5.75 Å². The van der Waals surface area contributed by atoms with E-state index < -0.39 is 18.5 Å². The molecule has 4 nitrogen and oxygen atoms in total. The molecule has 2 atom stereocenters. The van der Waals surface area contributed by atoms with Crippen LogP contribution in [0.4, 0.5) is 13.2 Å². The van der Waals surface area contributed by atoms with Crippen molar-refractivity contribution in [3.63, 3.8) is 0 Å². The monoisotopic (exact) mass is 364 g/mol. The summed E-state index contributed by atoms with van der Waals surface area (Å²) < 4.78 is 42.9. The highest BCUT2D eigenvalue weighted by molar-refractivity contribution is 5.80. The molecule has 7 heteroatoms. The van der Waals surface area contributed by atoms with Crippen molar-refractivity contribution in [1.29, 1.82) is 0 Å². The van der Waals surface area contributed by atoms with Crippen molar-refractivity contribution in [1.82, 2.24) is 9.88 Å². The predicted octanol–water partition coefficient (Wildman–Crippen LogP) is 3.71. The highest BCUT2D eigenvalue weighted by Crippen LogP contribution is 2.30. The van der Waals surface area contributed by atoms with Gasteiger partial charge in [0, 0.05) is 18.3 Å². The first-order chi connectivity index (χ1) is 12.4. The number of aliphatic hydroxyl groups excluding tert-OH is 1. The maximum atomic E-state index is 12.4. The fourth-order valence-corrected chi connectivity index (χ4v) is 3.10. The number of halogens is 3. The number of aliphatic hydroxyl groups is 1. The highest BCUT2D eigenvalue weighted by Gasteiger charge is 2.31. The Hall–Kier alpha value is -2.51. The molecule has 0 spiro atoms. The Morgan fingerprint density at radius 2 is 1.77 bits per heavy atom. The van der Waals surface area contributed by atoms with E-state index >= 15 is 0 Å². The van der Waals surface area contributed by atoms with E-state index in [4.69, 9.17) is 0 Å². The third-order valence-corrected chi connectivity index (χ3v) is 4.16. The first-order valence-corrected chi connectivity index (χ1v) is 8.13. The molecular weight excluding hydrogens is 345 g/mol. The Morgan fingerprint density at radius 1 is 1.08 bits per heavy atom. The third-order valence-electron chi connectivity index (χ3n) is 4.16. The van der Waals surface area contributed by atoms with Crippen LogP contribution >= 0.6 is 0 Å². The first-order valence-electron chi connectivity index (χ1n) is 8.13. The molecule has 0 bridgehead atoms. The SMILES string of the molecule is CNCC(O)C(c1ccc(OC(F)(F)F)cc1)n1ccc2ccccc21. The zero-order chi connectivity index (χ0) is 18.7. The van der Waals surface area contributed by atoms with E-state index in [0.29, 0.717) is 12.1 Å². The van der Waals surface area contributed by atoms with Gasteiger partial charge in [-0.3, -0.25) is 0 Å². The fourth-order valence-electron chi connectivity index (χ4n) is 3.10. The molecular formula is C19H19F3N2O2. The minimum atomic E-state index is -4.73. The van der Waals surface area contributed by atoms with Crippen LogP contribution in [0.1, 0.15) is 11.6 Å². The van der Waals surface area contributed by atoms with Gasteiger partial charge in [-0.05, 0) is 42.3 Å². The maximum Gasteiger partial charge on any atom is 0.573 e. The zero-order valence-corrected chi connectivity index (χ0v) is 14.1. The van der Waals surface area contributed by atoms with Gasteiger partial charge in [-0.1, -0.05) is 30.3 Å². The van der Waals surface area contributed by atoms with Gasteiger partial charge >= 0.3 is 6.36 Å². The summed E-state index contributed by atoms with van der Waals surface area (Å²) in [5.74, 6) is -0.291. The number of para-hydroxylation sites is 1. The molecule has 26 heavy (non-hydrogen) atoms. The van der Waals surface area contributed by atoms with Crippen molar-refractivity contribution < 1.29 is 23.0 Å². The minimum Gasteiger partial charge on any atom is -0.406 e. The van der Waals surface area contributed by atoms with Crippen LogP contribution in [0.15, 0.2) is 60.8 Å². The molecule has 0 fully saturated rings. The highest BCUT2D eigenvalue weighted by atomic mass is 19.4. The van der Waals surface area contributed by atoms with Crippen LogP contribution in [0.2, 0.25) is 0 Å². The minimum absolute atomic E-state index is 0.291. The topological polar surface area (TPSA) is 46.4 Å². The van der Waals surface area contributed by atoms with Crippen LogP contribution in [-0.2, 0) is 0 Å². The standard InChI is InChI=1S/C19H19F3N2O2/c1-23-12-17(25)18(24-11-10-13-4-2-3-5-16(13)24)14-6-8-15(9-7-14)26-19(20,21)22/h2-11,17-18,23,25H,12H2,1H3. The Labute approximate surface area is 148 Å². The van der Waals surface area contributed by atoms with Gasteiger partial charge < -0.3 is 19.7 Å². The molecule has 2 aromatic carbocycles. The summed E-state index contributed by atoms with van der Waals surface area (Å²) in [6, 6.07) is 14.8. The molecule has 3 aromatic rings. The average Bonchev–Trinajstić information content (AvgIpc) is 3.00. The Kier molecular flexibility index (Phi) is 5.20. The number of likely N-dealkylation sites (N-methyl/N-ethyl adjacent to an activating group) is 1. The Bertz CT molecular complexity index is 859. The van der Waals surface area contributed by atoms with Crippen LogP contribution in [0, 0.1) is 0 Å². The molecule has 1 aromatic heterocycles. The lowest BCUT2D eigenvalue weighted by Gasteiger charge is -2.26. The quantitative estimate of drug-likeness (QED) is 0.701. The predicted molar refractivity (Wildman–Crippen MR) is 93.1 cm³/mol. The maximum absolute atomic E-state index is 12.4. The number of nitrogens with zero attached hydrogens (tertiary/aromatic N) is 1. The summed E-state index contributed by atoms with van der Waals surface area (Å²) in [5, 5.41) is 14.6. The molecule has 0 aliphatic carbocycles. The van der Waals surface area contributed by atoms with Gasteiger partial charge in [-0.15, -0.1) is 13.2 Å². The number of fused-ring (bicyclic) bond motifs is 1. The smallest absolute Gasteiger partial charge is 0.406 e. The summed E-state index contributed by atoms with van der Waals surface area (Å²) in [7, 11) is 1.73. The van der Waals surface area contributed by atoms with Crippen molar-refractivity contribution in [2.75, 3.05) is 13.6 Å². The van der Waals surface area contributed by atoms with Crippen molar-refractivity contribution in [3.8, 4) is 5.75 Å². The van der Waals surface area contributed by atoms with E-state index in [2.05, 4.69) is 10.1 Å². The van der Waals surface area contributed by atoms with E-state index in [1.807, 2.05) is 41.1 Å². The van der Waals surface area contributed by atoms with E-state index in [-0.39, 0.29) is 5.75 Å². The van der Waals surface area contributed by atoms with E-state index in [0.717, 1.165) is 10.9 Å². The number of benzene rings is 2. The number of nitrogens with one attached hydrogen (secondary N) is 1. The molecule has 2 N–H and O–H groups in total. The summed E-state index contributed by atoms with van der Waals surface area (Å²) in [5.41, 5.74) is 1.62. The average molecular weight is 364 g/mol. The van der Waals surface area contributed by atoms with Crippen molar-refractivity contribution in [2.45, 2.75) is 18.5 Å². The molecule has 0 saturated heterocycles. The van der Waals surface area contributed by atoms with Crippen LogP contribution < -0.4 is 10.1 Å². The number of hydrogen-bond acceptors (Lipinski definition) is 3. The molecule has 0 amide bonds. The van der Waals surface area contributed by atoms with Crippen LogP contribution in [0.5, 0.6) is 5.75 Å². The normalized spacial score (nSPS) is 14.3. The third kappa shape index (κ3) is 4.00. The lowest BCUT2D eigenvalue weighted by molar-refractivity contribution is -0.274. The lowest BCUT2D eigenvalue weighted by Crippen LogP contribution is -2.33. The number of hydrogen-bond donors (Lipinski definition) is 2. The van der Waals surface area contributed by atoms with Gasteiger partial charge in [0.05, 0.1) is 12.1 Å². The molecule has 0 aliphatic heterocycles. The molecule has 1 heterocycles. The Morgan fingerprint density at radius 3 is 2.42 bits per heavy atom. The van der Waals surface area contributed by atoms with Crippen LogP contribution in [0.25, 0.3) is 10.9 Å². The molecule has 0 aliphatic rings. The van der Waals surface area contributed by atoms with Crippen molar-refractivity contribution in [2.24, 2.45) is 0 Å². The number of alkyl halides is 3. The molecule has 138 valence electrons. The molecule has 0 radical (unpaired) electrons. The fraction of sp³-hybridized carbons (Fsp3) is 0.263. The van der Waals surface area contributed by atoms with Gasteiger partial charge in [0.2, 0.25) is 0 Å². The molecule has 2 unspecified atom stereocenters. The zero-order valence-electron chi connectivity index (χ0n) is 14.1. The van der Waals surface area contributed by atoms with Crippen molar-refractivity contribution in [3.05, 3.63) is 66.4 Å². The van der Waals surface area contributed by atoms with Gasteiger partial charge in [0.15, 0.2) is 0 Å². The van der Waals surface area contributed by atoms with Crippen LogP contribution in [0.3, 0.4) is 0 Å².